The first-order valence-electron chi connectivity index (χ1n) is 10.9. The maximum absolute atomic E-state index is 14.5. The van der Waals surface area contributed by atoms with Crippen LogP contribution < -0.4 is 5.32 Å². The van der Waals surface area contributed by atoms with Gasteiger partial charge in [0.05, 0.1) is 6.42 Å². The third-order valence-electron chi connectivity index (χ3n) is 5.24. The third-order valence-corrected chi connectivity index (χ3v) is 5.48. The predicted molar refractivity (Wildman–Crippen MR) is 129 cm³/mol. The highest BCUT2D eigenvalue weighted by Crippen LogP contribution is 2.19. The molecule has 172 valence electrons. The zero-order valence-electron chi connectivity index (χ0n) is 18.8. The molecule has 4 nitrogen and oxygen atoms in total. The van der Waals surface area contributed by atoms with Gasteiger partial charge < -0.3 is 10.2 Å². The van der Waals surface area contributed by atoms with Crippen LogP contribution in [0.4, 0.5) is 4.39 Å². The van der Waals surface area contributed by atoms with Gasteiger partial charge in [0.15, 0.2) is 0 Å². The average Bonchev–Trinajstić information content (AvgIpc) is 2.77. The topological polar surface area (TPSA) is 49.4 Å². The number of nitrogens with zero attached hydrogens (tertiary/aromatic N) is 1. The molecule has 1 atom stereocenters. The fraction of sp³-hybridized carbons (Fsp3) is 0.259. The molecule has 3 aromatic carbocycles. The molecule has 0 aliphatic heterocycles. The Bertz CT molecular complexity index is 1090. The van der Waals surface area contributed by atoms with Gasteiger partial charge in [0.25, 0.3) is 0 Å². The molecular formula is C27H28ClFN2O2. The first-order chi connectivity index (χ1) is 15.8. The summed E-state index contributed by atoms with van der Waals surface area (Å²) in [6, 6.07) is 22.0. The Hall–Kier alpha value is -3.18. The summed E-state index contributed by atoms with van der Waals surface area (Å²) in [5, 5.41) is 3.45. The molecule has 0 aromatic heterocycles. The first-order valence-corrected chi connectivity index (χ1v) is 11.3. The molecule has 33 heavy (non-hydrogen) atoms. The molecule has 0 heterocycles. The van der Waals surface area contributed by atoms with Crippen LogP contribution in [0.25, 0.3) is 0 Å². The van der Waals surface area contributed by atoms with E-state index in [-0.39, 0.29) is 30.8 Å². The second-order valence-electron chi connectivity index (χ2n) is 8.29. The van der Waals surface area contributed by atoms with Crippen LogP contribution in [0, 0.1) is 5.82 Å². The van der Waals surface area contributed by atoms with E-state index >= 15 is 0 Å². The van der Waals surface area contributed by atoms with E-state index in [1.807, 2.05) is 50.2 Å². The van der Waals surface area contributed by atoms with Gasteiger partial charge >= 0.3 is 0 Å². The number of rotatable bonds is 9. The van der Waals surface area contributed by atoms with Gasteiger partial charge in [-0.3, -0.25) is 9.59 Å². The van der Waals surface area contributed by atoms with Gasteiger partial charge in [-0.2, -0.15) is 0 Å². The summed E-state index contributed by atoms with van der Waals surface area (Å²) in [7, 11) is 0. The van der Waals surface area contributed by atoms with Crippen molar-refractivity contribution in [1.29, 1.82) is 0 Å². The van der Waals surface area contributed by atoms with Crippen LogP contribution in [0.1, 0.15) is 30.5 Å². The number of hydrogen-bond donors (Lipinski definition) is 1. The van der Waals surface area contributed by atoms with Crippen LogP contribution in [0.2, 0.25) is 5.02 Å². The minimum absolute atomic E-state index is 0.0188. The Balaban J connectivity index is 1.98. The summed E-state index contributed by atoms with van der Waals surface area (Å²) in [4.78, 5) is 28.3. The van der Waals surface area contributed by atoms with Crippen molar-refractivity contribution in [3.63, 3.8) is 0 Å². The van der Waals surface area contributed by atoms with Crippen LogP contribution in [0.3, 0.4) is 0 Å². The van der Waals surface area contributed by atoms with Gasteiger partial charge in [-0.1, -0.05) is 72.3 Å². The lowest BCUT2D eigenvalue weighted by Gasteiger charge is -2.32. The number of carbonyl (C=O) groups is 2. The van der Waals surface area contributed by atoms with E-state index in [2.05, 4.69) is 5.32 Å². The molecule has 0 bridgehead atoms. The summed E-state index contributed by atoms with van der Waals surface area (Å²) >= 11 is 6.10. The Kier molecular flexibility index (Phi) is 8.61. The zero-order valence-corrected chi connectivity index (χ0v) is 19.6. The summed E-state index contributed by atoms with van der Waals surface area (Å²) in [5.74, 6) is -0.967. The summed E-state index contributed by atoms with van der Waals surface area (Å²) < 4.78 is 14.5. The van der Waals surface area contributed by atoms with E-state index < -0.39 is 11.9 Å². The van der Waals surface area contributed by atoms with E-state index in [4.69, 9.17) is 11.6 Å². The molecule has 2 amide bonds. The Morgan fingerprint density at radius 1 is 0.939 bits per heavy atom. The molecule has 0 aliphatic rings. The van der Waals surface area contributed by atoms with E-state index in [0.717, 1.165) is 11.1 Å². The largest absolute Gasteiger partial charge is 0.352 e. The third kappa shape index (κ3) is 7.16. The van der Waals surface area contributed by atoms with Crippen molar-refractivity contribution in [2.24, 2.45) is 0 Å². The summed E-state index contributed by atoms with van der Waals surface area (Å²) in [6.45, 7) is 3.72. The van der Waals surface area contributed by atoms with Gasteiger partial charge in [-0.05, 0) is 43.2 Å². The van der Waals surface area contributed by atoms with Crippen molar-refractivity contribution in [2.75, 3.05) is 0 Å². The highest BCUT2D eigenvalue weighted by atomic mass is 35.5. The number of amides is 2. The quantitative estimate of drug-likeness (QED) is 0.472. The molecule has 3 rings (SSSR count). The van der Waals surface area contributed by atoms with Crippen molar-refractivity contribution < 1.29 is 14.0 Å². The smallest absolute Gasteiger partial charge is 0.243 e. The van der Waals surface area contributed by atoms with Crippen molar-refractivity contribution in [3.05, 3.63) is 106 Å². The van der Waals surface area contributed by atoms with E-state index in [0.29, 0.717) is 17.0 Å². The number of carbonyl (C=O) groups excluding carboxylic acids is 2. The lowest BCUT2D eigenvalue weighted by Crippen LogP contribution is -2.52. The van der Waals surface area contributed by atoms with Gasteiger partial charge in [-0.15, -0.1) is 0 Å². The van der Waals surface area contributed by atoms with E-state index in [1.54, 1.807) is 36.4 Å². The van der Waals surface area contributed by atoms with Crippen LogP contribution in [-0.2, 0) is 29.0 Å². The van der Waals surface area contributed by atoms with Crippen LogP contribution in [0.15, 0.2) is 78.9 Å². The lowest BCUT2D eigenvalue weighted by atomic mass is 10.0. The number of benzene rings is 3. The van der Waals surface area contributed by atoms with Crippen molar-refractivity contribution in [3.8, 4) is 0 Å². The number of hydrogen-bond acceptors (Lipinski definition) is 2. The van der Waals surface area contributed by atoms with Gasteiger partial charge in [0.2, 0.25) is 11.8 Å². The second kappa shape index (κ2) is 11.6. The van der Waals surface area contributed by atoms with Gasteiger partial charge in [-0.25, -0.2) is 4.39 Å². The highest BCUT2D eigenvalue weighted by molar-refractivity contribution is 6.30. The van der Waals surface area contributed by atoms with Crippen molar-refractivity contribution in [1.82, 2.24) is 10.2 Å². The van der Waals surface area contributed by atoms with Crippen LogP contribution in [0.5, 0.6) is 0 Å². The Labute approximate surface area is 199 Å². The fourth-order valence-corrected chi connectivity index (χ4v) is 3.88. The molecule has 0 spiro atoms. The maximum Gasteiger partial charge on any atom is 0.243 e. The minimum atomic E-state index is -0.805. The monoisotopic (exact) mass is 466 g/mol. The van der Waals surface area contributed by atoms with Crippen molar-refractivity contribution >= 4 is 23.4 Å². The molecule has 1 N–H and O–H groups in total. The van der Waals surface area contributed by atoms with Gasteiger partial charge in [0, 0.05) is 29.6 Å². The number of halogens is 2. The lowest BCUT2D eigenvalue weighted by molar-refractivity contribution is -0.141. The first kappa shape index (κ1) is 24.5. The molecule has 0 fully saturated rings. The predicted octanol–water partition coefficient (Wildman–Crippen LogP) is 5.19. The Morgan fingerprint density at radius 3 is 2.27 bits per heavy atom. The van der Waals surface area contributed by atoms with Crippen LogP contribution in [-0.4, -0.2) is 28.8 Å². The molecule has 0 unspecified atom stereocenters. The van der Waals surface area contributed by atoms with Gasteiger partial charge in [0.1, 0.15) is 11.9 Å². The molecule has 0 aliphatic carbocycles. The minimum Gasteiger partial charge on any atom is -0.352 e. The molecule has 0 radical (unpaired) electrons. The molecular weight excluding hydrogens is 439 g/mol. The molecule has 0 saturated heterocycles. The molecule has 0 saturated carbocycles. The maximum atomic E-state index is 14.5. The average molecular weight is 467 g/mol. The van der Waals surface area contributed by atoms with E-state index in [9.17, 15) is 14.0 Å². The van der Waals surface area contributed by atoms with Crippen LogP contribution >= 0.6 is 11.6 Å². The highest BCUT2D eigenvalue weighted by Gasteiger charge is 2.31. The Morgan fingerprint density at radius 2 is 1.61 bits per heavy atom. The van der Waals surface area contributed by atoms with E-state index in [1.165, 1.54) is 11.0 Å². The number of nitrogens with one attached hydrogen (secondary N) is 1. The standard InChI is InChI=1S/C27H28ClFN2O2/c1-19(2)30-27(33)25(16-20-9-4-3-5-10-20)31(18-22-12-6-7-14-24(22)29)26(32)17-21-11-8-13-23(28)15-21/h3-15,19,25H,16-18H2,1-2H3,(H,30,33)/t25-/m1/s1. The molecule has 3 aromatic rings. The summed E-state index contributed by atoms with van der Waals surface area (Å²) in [5.41, 5.74) is 2.00. The van der Waals surface area contributed by atoms with Crippen molar-refractivity contribution in [2.45, 2.75) is 45.3 Å². The molecule has 6 heteroatoms. The summed E-state index contributed by atoms with van der Waals surface area (Å²) in [6.07, 6.45) is 0.365. The fourth-order valence-electron chi connectivity index (χ4n) is 3.67. The SMILES string of the molecule is CC(C)NC(=O)[C@@H](Cc1ccccc1)N(Cc1ccccc1F)C(=O)Cc1cccc(Cl)c1. The zero-order chi connectivity index (χ0) is 23.8. The second-order valence-corrected chi connectivity index (χ2v) is 8.72. The normalized spacial score (nSPS) is 11.8.